The fourth-order valence-electron chi connectivity index (χ4n) is 2.17. The van der Waals surface area contributed by atoms with Gasteiger partial charge in [0.1, 0.15) is 0 Å². The van der Waals surface area contributed by atoms with E-state index in [9.17, 15) is 4.79 Å². The Morgan fingerprint density at radius 3 is 3.00 bits per heavy atom. The van der Waals surface area contributed by atoms with Crippen molar-refractivity contribution >= 4 is 17.7 Å². The summed E-state index contributed by atoms with van der Waals surface area (Å²) in [5, 5.41) is 3.74. The molecular formula is C12H24N2O2S. The van der Waals surface area contributed by atoms with Gasteiger partial charge in [-0.2, -0.15) is 11.8 Å². The number of amides is 1. The summed E-state index contributed by atoms with van der Waals surface area (Å²) in [6.07, 6.45) is 7.34. The largest absolute Gasteiger partial charge is 0.385 e. The molecular weight excluding hydrogens is 236 g/mol. The van der Waals surface area contributed by atoms with Gasteiger partial charge in [0.2, 0.25) is 5.91 Å². The summed E-state index contributed by atoms with van der Waals surface area (Å²) in [7, 11) is 1.62. The first kappa shape index (κ1) is 14.8. The molecule has 0 saturated heterocycles. The average Bonchev–Trinajstić information content (AvgIpc) is 2.36. The molecule has 0 spiro atoms. The van der Waals surface area contributed by atoms with Crippen LogP contribution in [0.5, 0.6) is 0 Å². The van der Waals surface area contributed by atoms with Crippen LogP contribution in [0.2, 0.25) is 0 Å². The Morgan fingerprint density at radius 2 is 2.35 bits per heavy atom. The first-order valence-corrected chi connectivity index (χ1v) is 7.53. The SMILES string of the molecule is COCCC(N)C(=O)NC1CCCC(SC)C1. The van der Waals surface area contributed by atoms with E-state index < -0.39 is 6.04 Å². The number of methoxy groups -OCH3 is 1. The Balaban J connectivity index is 2.29. The van der Waals surface area contributed by atoms with Gasteiger partial charge in [-0.1, -0.05) is 6.42 Å². The number of rotatable bonds is 6. The highest BCUT2D eigenvalue weighted by Gasteiger charge is 2.24. The highest BCUT2D eigenvalue weighted by atomic mass is 32.2. The Kier molecular flexibility index (Phi) is 6.92. The molecule has 5 heteroatoms. The van der Waals surface area contributed by atoms with E-state index in [1.165, 1.54) is 12.8 Å². The van der Waals surface area contributed by atoms with Crippen molar-refractivity contribution in [2.75, 3.05) is 20.0 Å². The summed E-state index contributed by atoms with van der Waals surface area (Å²) < 4.78 is 4.92. The zero-order valence-electron chi connectivity index (χ0n) is 10.8. The van der Waals surface area contributed by atoms with Crippen LogP contribution in [0.15, 0.2) is 0 Å². The molecule has 17 heavy (non-hydrogen) atoms. The molecule has 0 aromatic rings. The normalized spacial score (nSPS) is 26.5. The summed E-state index contributed by atoms with van der Waals surface area (Å²) in [5.74, 6) is -0.0335. The second kappa shape index (κ2) is 7.95. The minimum Gasteiger partial charge on any atom is -0.385 e. The first-order chi connectivity index (χ1) is 8.17. The van der Waals surface area contributed by atoms with Crippen molar-refractivity contribution in [2.24, 2.45) is 5.73 Å². The lowest BCUT2D eigenvalue weighted by Gasteiger charge is -2.29. The van der Waals surface area contributed by atoms with Crippen molar-refractivity contribution in [2.45, 2.75) is 49.4 Å². The Bertz CT molecular complexity index is 239. The van der Waals surface area contributed by atoms with Gasteiger partial charge in [0.05, 0.1) is 6.04 Å². The van der Waals surface area contributed by atoms with Gasteiger partial charge in [-0.3, -0.25) is 4.79 Å². The number of thioether (sulfide) groups is 1. The maximum Gasteiger partial charge on any atom is 0.237 e. The molecule has 1 rings (SSSR count). The van der Waals surface area contributed by atoms with Gasteiger partial charge in [-0.05, 0) is 31.9 Å². The fourth-order valence-corrected chi connectivity index (χ4v) is 3.00. The molecule has 0 aromatic heterocycles. The second-order valence-corrected chi connectivity index (χ2v) is 5.76. The number of nitrogens with two attached hydrogens (primary N) is 1. The number of carbonyl (C=O) groups excluding carboxylic acids is 1. The van der Waals surface area contributed by atoms with Gasteiger partial charge >= 0.3 is 0 Å². The Morgan fingerprint density at radius 1 is 1.59 bits per heavy atom. The summed E-state index contributed by atoms with van der Waals surface area (Å²) >= 11 is 1.90. The zero-order chi connectivity index (χ0) is 12.7. The average molecular weight is 260 g/mol. The molecule has 3 atom stereocenters. The summed E-state index contributed by atoms with van der Waals surface area (Å²) in [6, 6.07) is -0.132. The molecule has 1 aliphatic rings. The van der Waals surface area contributed by atoms with Crippen LogP contribution >= 0.6 is 11.8 Å². The van der Waals surface area contributed by atoms with Crippen LogP contribution in [0.3, 0.4) is 0 Å². The van der Waals surface area contributed by atoms with E-state index in [1.54, 1.807) is 7.11 Å². The van der Waals surface area contributed by atoms with E-state index in [1.807, 2.05) is 11.8 Å². The highest BCUT2D eigenvalue weighted by Crippen LogP contribution is 2.26. The third kappa shape index (κ3) is 5.27. The van der Waals surface area contributed by atoms with Gasteiger partial charge < -0.3 is 15.8 Å². The standard InChI is InChI=1S/C12H24N2O2S/c1-16-7-6-11(13)12(15)14-9-4-3-5-10(8-9)17-2/h9-11H,3-8,13H2,1-2H3,(H,14,15). The highest BCUT2D eigenvalue weighted by molar-refractivity contribution is 7.99. The predicted octanol–water partition coefficient (Wildman–Crippen LogP) is 1.14. The van der Waals surface area contributed by atoms with Gasteiger partial charge in [0, 0.05) is 25.0 Å². The molecule has 1 saturated carbocycles. The molecule has 4 nitrogen and oxygen atoms in total. The predicted molar refractivity (Wildman–Crippen MR) is 72.2 cm³/mol. The van der Waals surface area contributed by atoms with E-state index in [2.05, 4.69) is 11.6 Å². The van der Waals surface area contributed by atoms with Crippen LogP contribution in [0.4, 0.5) is 0 Å². The van der Waals surface area contributed by atoms with Crippen LogP contribution < -0.4 is 11.1 Å². The zero-order valence-corrected chi connectivity index (χ0v) is 11.6. The van der Waals surface area contributed by atoms with Gasteiger partial charge in [0.25, 0.3) is 0 Å². The molecule has 0 heterocycles. The number of carbonyl (C=O) groups is 1. The third-order valence-electron chi connectivity index (χ3n) is 3.28. The Labute approximate surface area is 108 Å². The van der Waals surface area contributed by atoms with Crippen molar-refractivity contribution in [1.29, 1.82) is 0 Å². The molecule has 3 unspecified atom stereocenters. The van der Waals surface area contributed by atoms with Crippen molar-refractivity contribution in [1.82, 2.24) is 5.32 Å². The number of hydrogen-bond acceptors (Lipinski definition) is 4. The maximum absolute atomic E-state index is 11.8. The molecule has 1 aliphatic carbocycles. The fraction of sp³-hybridized carbons (Fsp3) is 0.917. The van der Waals surface area contributed by atoms with Crippen molar-refractivity contribution in [3.63, 3.8) is 0 Å². The quantitative estimate of drug-likeness (QED) is 0.752. The van der Waals surface area contributed by atoms with E-state index in [0.29, 0.717) is 24.3 Å². The monoisotopic (exact) mass is 260 g/mol. The minimum atomic E-state index is -0.440. The smallest absolute Gasteiger partial charge is 0.237 e. The molecule has 1 amide bonds. The van der Waals surface area contributed by atoms with E-state index in [-0.39, 0.29) is 5.91 Å². The lowest BCUT2D eigenvalue weighted by Crippen LogP contribution is -2.47. The third-order valence-corrected chi connectivity index (χ3v) is 4.37. The van der Waals surface area contributed by atoms with Gasteiger partial charge in [-0.15, -0.1) is 0 Å². The lowest BCUT2D eigenvalue weighted by molar-refractivity contribution is -0.123. The number of ether oxygens (including phenoxy) is 1. The molecule has 0 aromatic carbocycles. The topological polar surface area (TPSA) is 64.3 Å². The van der Waals surface area contributed by atoms with Crippen LogP contribution in [-0.4, -0.2) is 43.2 Å². The van der Waals surface area contributed by atoms with Crippen LogP contribution in [0, 0.1) is 0 Å². The van der Waals surface area contributed by atoms with Crippen molar-refractivity contribution in [3.05, 3.63) is 0 Å². The summed E-state index contributed by atoms with van der Waals surface area (Å²) in [5.41, 5.74) is 5.79. The molecule has 1 fully saturated rings. The molecule has 0 bridgehead atoms. The molecule has 0 aliphatic heterocycles. The Hall–Kier alpha value is -0.260. The number of nitrogens with one attached hydrogen (secondary N) is 1. The van der Waals surface area contributed by atoms with E-state index >= 15 is 0 Å². The van der Waals surface area contributed by atoms with E-state index in [0.717, 1.165) is 12.8 Å². The van der Waals surface area contributed by atoms with E-state index in [4.69, 9.17) is 10.5 Å². The molecule has 100 valence electrons. The second-order valence-electron chi connectivity index (χ2n) is 4.62. The van der Waals surface area contributed by atoms with Crippen molar-refractivity contribution in [3.8, 4) is 0 Å². The summed E-state index contributed by atoms with van der Waals surface area (Å²) in [6.45, 7) is 0.534. The van der Waals surface area contributed by atoms with Crippen LogP contribution in [0.25, 0.3) is 0 Å². The van der Waals surface area contributed by atoms with Crippen LogP contribution in [0.1, 0.15) is 32.1 Å². The van der Waals surface area contributed by atoms with Gasteiger partial charge in [-0.25, -0.2) is 0 Å². The minimum absolute atomic E-state index is 0.0335. The number of hydrogen-bond donors (Lipinski definition) is 2. The first-order valence-electron chi connectivity index (χ1n) is 6.25. The summed E-state index contributed by atoms with van der Waals surface area (Å²) in [4.78, 5) is 11.8. The lowest BCUT2D eigenvalue weighted by atomic mass is 9.94. The van der Waals surface area contributed by atoms with Crippen molar-refractivity contribution < 1.29 is 9.53 Å². The van der Waals surface area contributed by atoms with Crippen LogP contribution in [-0.2, 0) is 9.53 Å². The molecule has 0 radical (unpaired) electrons. The maximum atomic E-state index is 11.8. The van der Waals surface area contributed by atoms with Gasteiger partial charge in [0.15, 0.2) is 0 Å². The molecule has 3 N–H and O–H groups in total.